The van der Waals surface area contributed by atoms with E-state index in [1.807, 2.05) is 6.07 Å². The van der Waals surface area contributed by atoms with Crippen LogP contribution in [-0.4, -0.2) is 56.0 Å². The van der Waals surface area contributed by atoms with E-state index in [0.717, 1.165) is 74.2 Å². The first-order chi connectivity index (χ1) is 12.2. The normalized spacial score (nSPS) is 19.5. The van der Waals surface area contributed by atoms with Crippen molar-refractivity contribution >= 4 is 34.8 Å². The fourth-order valence-electron chi connectivity index (χ4n) is 2.97. The van der Waals surface area contributed by atoms with Gasteiger partial charge in [0, 0.05) is 35.6 Å². The van der Waals surface area contributed by atoms with Crippen LogP contribution >= 0.6 is 24.0 Å². The van der Waals surface area contributed by atoms with Gasteiger partial charge in [-0.3, -0.25) is 5.43 Å². The summed E-state index contributed by atoms with van der Waals surface area (Å²) in [5.74, 6) is 0.710. The molecule has 0 unspecified atom stereocenters. The Hall–Kier alpha value is -1.22. The summed E-state index contributed by atoms with van der Waals surface area (Å²) < 4.78 is 18.9. The van der Waals surface area contributed by atoms with Crippen molar-refractivity contribution in [2.75, 3.05) is 45.1 Å². The van der Waals surface area contributed by atoms with Gasteiger partial charge in [-0.05, 0) is 30.4 Å². The Bertz CT molecular complexity index is 635. The van der Waals surface area contributed by atoms with Gasteiger partial charge in [0.25, 0.3) is 0 Å². The van der Waals surface area contributed by atoms with Gasteiger partial charge in [0.15, 0.2) is 5.11 Å². The predicted molar refractivity (Wildman–Crippen MR) is 103 cm³/mol. The minimum atomic E-state index is -0.236. The number of thioether (sulfide) groups is 1. The highest BCUT2D eigenvalue weighted by Crippen LogP contribution is 2.30. The molecule has 1 aromatic rings. The third-order valence-corrected chi connectivity index (χ3v) is 5.64. The van der Waals surface area contributed by atoms with E-state index in [1.54, 1.807) is 22.7 Å². The summed E-state index contributed by atoms with van der Waals surface area (Å²) in [5, 5.41) is 8.10. The Labute approximate surface area is 157 Å². The van der Waals surface area contributed by atoms with Crippen LogP contribution in [0.3, 0.4) is 0 Å². The Kier molecular flexibility index (Phi) is 7.03. The van der Waals surface area contributed by atoms with Crippen molar-refractivity contribution in [2.45, 2.75) is 17.7 Å². The van der Waals surface area contributed by atoms with Crippen LogP contribution in [0.25, 0.3) is 0 Å². The second kappa shape index (κ2) is 9.47. The summed E-state index contributed by atoms with van der Waals surface area (Å²) in [6, 6.07) is 4.85. The second-order valence-electron chi connectivity index (χ2n) is 6.13. The number of hydrazone groups is 1. The molecule has 2 heterocycles. The molecule has 0 spiro atoms. The van der Waals surface area contributed by atoms with Crippen molar-refractivity contribution in [3.63, 3.8) is 0 Å². The van der Waals surface area contributed by atoms with Crippen molar-refractivity contribution < 1.29 is 14.0 Å². The summed E-state index contributed by atoms with van der Waals surface area (Å²) in [7, 11) is 0. The summed E-state index contributed by atoms with van der Waals surface area (Å²) in [6.07, 6.45) is 1.86. The van der Waals surface area contributed by atoms with Crippen molar-refractivity contribution in [1.82, 2.24) is 10.7 Å². The third-order valence-electron chi connectivity index (χ3n) is 4.33. The maximum absolute atomic E-state index is 13.5. The molecule has 5 nitrogen and oxygen atoms in total. The molecule has 8 heteroatoms. The molecule has 25 heavy (non-hydrogen) atoms. The average Bonchev–Trinajstić information content (AvgIpc) is 2.64. The second-order valence-corrected chi connectivity index (χ2v) is 7.68. The van der Waals surface area contributed by atoms with E-state index in [0.29, 0.717) is 5.11 Å². The lowest BCUT2D eigenvalue weighted by Gasteiger charge is -2.23. The van der Waals surface area contributed by atoms with E-state index in [1.165, 1.54) is 6.07 Å². The largest absolute Gasteiger partial charge is 0.370 e. The first kappa shape index (κ1) is 18.6. The van der Waals surface area contributed by atoms with Crippen LogP contribution in [0.5, 0.6) is 0 Å². The van der Waals surface area contributed by atoms with Gasteiger partial charge in [0.2, 0.25) is 0 Å². The molecule has 1 saturated heterocycles. The standard InChI is InChI=1S/C17H23FN4OS2/c18-13-2-3-16-14(12-13)15(4-11-25-16)20-21-17(24)19-5-1-6-22-7-9-23-10-8-22/h2-3,12H,1,4-11H2,(H2,19,21,24)/p+1/b20-15-. The highest BCUT2D eigenvalue weighted by molar-refractivity contribution is 7.99. The molecule has 1 aromatic carbocycles. The van der Waals surface area contributed by atoms with E-state index in [-0.39, 0.29) is 5.82 Å². The van der Waals surface area contributed by atoms with Crippen molar-refractivity contribution in [2.24, 2.45) is 5.10 Å². The van der Waals surface area contributed by atoms with E-state index >= 15 is 0 Å². The lowest BCUT2D eigenvalue weighted by molar-refractivity contribution is -0.908. The summed E-state index contributed by atoms with van der Waals surface area (Å²) in [5.41, 5.74) is 4.62. The number of ether oxygens (including phenoxy) is 1. The molecule has 0 saturated carbocycles. The minimum absolute atomic E-state index is 0.236. The molecule has 0 radical (unpaired) electrons. The molecule has 2 aliphatic heterocycles. The first-order valence-electron chi connectivity index (χ1n) is 8.67. The average molecular weight is 384 g/mol. The van der Waals surface area contributed by atoms with Gasteiger partial charge >= 0.3 is 0 Å². The van der Waals surface area contributed by atoms with Gasteiger partial charge in [0.05, 0.1) is 25.5 Å². The fraction of sp³-hybridized carbons (Fsp3) is 0.529. The lowest BCUT2D eigenvalue weighted by atomic mass is 10.1. The Balaban J connectivity index is 1.43. The molecule has 0 bridgehead atoms. The van der Waals surface area contributed by atoms with Crippen molar-refractivity contribution in [3.8, 4) is 0 Å². The SMILES string of the molecule is Fc1ccc2c(c1)/C(=N\NC(=S)NCCC[NH+]1CCOCC1)CCS2. The van der Waals surface area contributed by atoms with Crippen LogP contribution in [0.4, 0.5) is 4.39 Å². The number of halogens is 1. The summed E-state index contributed by atoms with van der Waals surface area (Å²) in [4.78, 5) is 2.66. The molecule has 0 atom stereocenters. The molecular weight excluding hydrogens is 359 g/mol. The number of benzene rings is 1. The number of quaternary nitrogens is 1. The number of hydrogen-bond acceptors (Lipinski definition) is 4. The molecule has 3 rings (SSSR count). The van der Waals surface area contributed by atoms with Crippen molar-refractivity contribution in [1.29, 1.82) is 0 Å². The zero-order valence-electron chi connectivity index (χ0n) is 14.1. The molecule has 2 aliphatic rings. The Morgan fingerprint density at radius 3 is 3.04 bits per heavy atom. The van der Waals surface area contributed by atoms with E-state index in [4.69, 9.17) is 17.0 Å². The van der Waals surface area contributed by atoms with Gasteiger partial charge in [-0.25, -0.2) is 4.39 Å². The molecule has 3 N–H and O–H groups in total. The summed E-state index contributed by atoms with van der Waals surface area (Å²) in [6.45, 7) is 5.84. The molecule has 0 aromatic heterocycles. The lowest BCUT2D eigenvalue weighted by Crippen LogP contribution is -3.14. The van der Waals surface area contributed by atoms with E-state index in [9.17, 15) is 4.39 Å². The molecule has 0 amide bonds. The van der Waals surface area contributed by atoms with Gasteiger partial charge in [-0.2, -0.15) is 5.10 Å². The fourth-order valence-corrected chi connectivity index (χ4v) is 4.13. The van der Waals surface area contributed by atoms with Crippen LogP contribution in [0.1, 0.15) is 18.4 Å². The van der Waals surface area contributed by atoms with E-state index in [2.05, 4.69) is 15.8 Å². The topological polar surface area (TPSA) is 50.1 Å². The van der Waals surface area contributed by atoms with Gasteiger partial charge in [-0.15, -0.1) is 11.8 Å². The number of hydrogen-bond donors (Lipinski definition) is 3. The number of nitrogens with zero attached hydrogens (tertiary/aromatic N) is 1. The number of morpholine rings is 1. The number of thiocarbonyl (C=S) groups is 1. The minimum Gasteiger partial charge on any atom is -0.370 e. The molecule has 136 valence electrons. The number of fused-ring (bicyclic) bond motifs is 1. The maximum atomic E-state index is 13.5. The first-order valence-corrected chi connectivity index (χ1v) is 10.1. The van der Waals surface area contributed by atoms with Crippen LogP contribution in [0.15, 0.2) is 28.2 Å². The summed E-state index contributed by atoms with van der Waals surface area (Å²) >= 11 is 7.01. The Morgan fingerprint density at radius 2 is 2.20 bits per heavy atom. The molecular formula is C17H24FN4OS2+. The Morgan fingerprint density at radius 1 is 1.36 bits per heavy atom. The van der Waals surface area contributed by atoms with Crippen LogP contribution in [0.2, 0.25) is 0 Å². The number of nitrogens with one attached hydrogen (secondary N) is 3. The zero-order valence-corrected chi connectivity index (χ0v) is 15.8. The predicted octanol–water partition coefficient (Wildman–Crippen LogP) is 0.795. The maximum Gasteiger partial charge on any atom is 0.186 e. The van der Waals surface area contributed by atoms with Gasteiger partial charge in [-0.1, -0.05) is 0 Å². The van der Waals surface area contributed by atoms with Crippen molar-refractivity contribution in [3.05, 3.63) is 29.6 Å². The molecule has 0 aliphatic carbocycles. The number of rotatable bonds is 5. The highest BCUT2D eigenvalue weighted by Gasteiger charge is 2.17. The monoisotopic (exact) mass is 383 g/mol. The molecule has 1 fully saturated rings. The van der Waals surface area contributed by atoms with Crippen LogP contribution in [-0.2, 0) is 4.74 Å². The third kappa shape index (κ3) is 5.64. The zero-order chi connectivity index (χ0) is 17.5. The van der Waals surface area contributed by atoms with Gasteiger partial charge < -0.3 is 15.0 Å². The van der Waals surface area contributed by atoms with E-state index < -0.39 is 0 Å². The van der Waals surface area contributed by atoms with Gasteiger partial charge in [0.1, 0.15) is 18.9 Å². The quantitative estimate of drug-likeness (QED) is 0.399. The highest BCUT2D eigenvalue weighted by atomic mass is 32.2. The van der Waals surface area contributed by atoms with Crippen LogP contribution in [0, 0.1) is 5.82 Å². The van der Waals surface area contributed by atoms with Crippen LogP contribution < -0.4 is 15.6 Å². The smallest absolute Gasteiger partial charge is 0.186 e.